The van der Waals surface area contributed by atoms with E-state index in [-0.39, 0.29) is 5.97 Å². The average molecular weight is 372 g/mol. The van der Waals surface area contributed by atoms with Gasteiger partial charge in [-0.2, -0.15) is 5.10 Å². The Morgan fingerprint density at radius 1 is 1.08 bits per heavy atom. The number of rotatable bonds is 9. The number of benzene rings is 1. The van der Waals surface area contributed by atoms with E-state index < -0.39 is 0 Å². The van der Waals surface area contributed by atoms with Crippen molar-refractivity contribution in [1.29, 1.82) is 0 Å². The summed E-state index contributed by atoms with van der Waals surface area (Å²) in [5.74, 6) is 0.516. The molecule has 0 aliphatic rings. The predicted octanol–water partition coefficient (Wildman–Crippen LogP) is 3.49. The summed E-state index contributed by atoms with van der Waals surface area (Å²) < 4.78 is 17.7. The number of para-hydroxylation sites is 1. The SMILES string of the molecule is COC(=O)c1ccc(-c2ccn(CCOCCOc3ccccc3)n2)s1. The number of methoxy groups -OCH3 is 1. The lowest BCUT2D eigenvalue weighted by Gasteiger charge is -2.07. The third-order valence-electron chi connectivity index (χ3n) is 3.59. The van der Waals surface area contributed by atoms with Crippen LogP contribution in [0.3, 0.4) is 0 Å². The van der Waals surface area contributed by atoms with E-state index in [9.17, 15) is 4.79 Å². The van der Waals surface area contributed by atoms with Gasteiger partial charge in [0.15, 0.2) is 0 Å². The molecule has 0 spiro atoms. The van der Waals surface area contributed by atoms with Crippen LogP contribution in [0.25, 0.3) is 10.6 Å². The Morgan fingerprint density at radius 2 is 1.92 bits per heavy atom. The summed E-state index contributed by atoms with van der Waals surface area (Å²) in [6, 6.07) is 15.2. The van der Waals surface area contributed by atoms with Gasteiger partial charge in [0.1, 0.15) is 22.9 Å². The Balaban J connectivity index is 1.40. The lowest BCUT2D eigenvalue weighted by molar-refractivity contribution is 0.0606. The number of hydrogen-bond donors (Lipinski definition) is 0. The lowest BCUT2D eigenvalue weighted by Crippen LogP contribution is -2.11. The normalized spacial score (nSPS) is 10.7. The van der Waals surface area contributed by atoms with Gasteiger partial charge >= 0.3 is 5.97 Å². The molecule has 0 unspecified atom stereocenters. The van der Waals surface area contributed by atoms with E-state index >= 15 is 0 Å². The zero-order chi connectivity index (χ0) is 18.2. The van der Waals surface area contributed by atoms with Crippen molar-refractivity contribution in [3.63, 3.8) is 0 Å². The Labute approximate surface area is 155 Å². The van der Waals surface area contributed by atoms with Gasteiger partial charge in [-0.1, -0.05) is 18.2 Å². The third-order valence-corrected chi connectivity index (χ3v) is 4.68. The highest BCUT2D eigenvalue weighted by atomic mass is 32.1. The Hall–Kier alpha value is -2.64. The molecule has 2 aromatic heterocycles. The first-order valence-electron chi connectivity index (χ1n) is 8.24. The van der Waals surface area contributed by atoms with Crippen LogP contribution in [0.15, 0.2) is 54.7 Å². The van der Waals surface area contributed by atoms with E-state index in [1.54, 1.807) is 6.07 Å². The minimum absolute atomic E-state index is 0.327. The largest absolute Gasteiger partial charge is 0.491 e. The maximum atomic E-state index is 11.5. The minimum atomic E-state index is -0.327. The molecule has 0 saturated heterocycles. The van der Waals surface area contributed by atoms with Crippen molar-refractivity contribution >= 4 is 17.3 Å². The molecule has 0 bridgehead atoms. The highest BCUT2D eigenvalue weighted by molar-refractivity contribution is 7.17. The molecule has 0 fully saturated rings. The zero-order valence-corrected chi connectivity index (χ0v) is 15.3. The van der Waals surface area contributed by atoms with Gasteiger partial charge in [-0.15, -0.1) is 11.3 Å². The molecule has 0 aliphatic heterocycles. The van der Waals surface area contributed by atoms with Crippen LogP contribution >= 0.6 is 11.3 Å². The molecule has 0 N–H and O–H groups in total. The molecule has 3 aromatic rings. The predicted molar refractivity (Wildman–Crippen MR) is 99.6 cm³/mol. The van der Waals surface area contributed by atoms with Gasteiger partial charge in [0, 0.05) is 6.20 Å². The molecule has 26 heavy (non-hydrogen) atoms. The number of carbonyl (C=O) groups is 1. The zero-order valence-electron chi connectivity index (χ0n) is 14.5. The minimum Gasteiger partial charge on any atom is -0.491 e. The Kier molecular flexibility index (Phi) is 6.40. The number of hydrogen-bond acceptors (Lipinski definition) is 6. The second kappa shape index (κ2) is 9.17. The monoisotopic (exact) mass is 372 g/mol. The molecule has 0 amide bonds. The summed E-state index contributed by atoms with van der Waals surface area (Å²) in [7, 11) is 1.38. The van der Waals surface area contributed by atoms with Crippen molar-refractivity contribution in [2.24, 2.45) is 0 Å². The van der Waals surface area contributed by atoms with Crippen LogP contribution in [0.2, 0.25) is 0 Å². The lowest BCUT2D eigenvalue weighted by atomic mass is 10.3. The Morgan fingerprint density at radius 3 is 2.73 bits per heavy atom. The van der Waals surface area contributed by atoms with E-state index in [1.807, 2.05) is 53.3 Å². The summed E-state index contributed by atoms with van der Waals surface area (Å²) in [5.41, 5.74) is 0.831. The van der Waals surface area contributed by atoms with Gasteiger partial charge in [-0.05, 0) is 30.3 Å². The topological polar surface area (TPSA) is 62.6 Å². The van der Waals surface area contributed by atoms with Gasteiger partial charge in [-0.25, -0.2) is 4.79 Å². The highest BCUT2D eigenvalue weighted by Crippen LogP contribution is 2.27. The Bertz CT molecular complexity index is 829. The van der Waals surface area contributed by atoms with E-state index in [1.165, 1.54) is 18.4 Å². The van der Waals surface area contributed by atoms with Gasteiger partial charge in [0.25, 0.3) is 0 Å². The fourth-order valence-electron chi connectivity index (χ4n) is 2.30. The molecule has 3 rings (SSSR count). The number of aromatic nitrogens is 2. The first-order chi connectivity index (χ1) is 12.8. The van der Waals surface area contributed by atoms with E-state index in [0.717, 1.165) is 16.3 Å². The van der Waals surface area contributed by atoms with Crippen LogP contribution in [0, 0.1) is 0 Å². The van der Waals surface area contributed by atoms with E-state index in [4.69, 9.17) is 14.2 Å². The molecular formula is C19H20N2O4S. The molecule has 0 radical (unpaired) electrons. The van der Waals surface area contributed by atoms with Crippen molar-refractivity contribution < 1.29 is 19.0 Å². The summed E-state index contributed by atoms with van der Waals surface area (Å²) in [6.07, 6.45) is 1.90. The molecule has 0 saturated carbocycles. The first-order valence-corrected chi connectivity index (χ1v) is 9.05. The third kappa shape index (κ3) is 4.93. The van der Waals surface area contributed by atoms with Gasteiger partial charge < -0.3 is 14.2 Å². The highest BCUT2D eigenvalue weighted by Gasteiger charge is 2.11. The number of thiophene rings is 1. The molecule has 2 heterocycles. The summed E-state index contributed by atoms with van der Waals surface area (Å²) in [6.45, 7) is 2.24. The number of carbonyl (C=O) groups excluding carboxylic acids is 1. The molecule has 0 atom stereocenters. The van der Waals surface area contributed by atoms with E-state index in [0.29, 0.717) is 31.2 Å². The molecule has 6 nitrogen and oxygen atoms in total. The maximum absolute atomic E-state index is 11.5. The van der Waals surface area contributed by atoms with Crippen LogP contribution in [0.1, 0.15) is 9.67 Å². The van der Waals surface area contributed by atoms with Gasteiger partial charge in [0.05, 0.1) is 31.7 Å². The summed E-state index contributed by atoms with van der Waals surface area (Å²) in [5, 5.41) is 4.51. The van der Waals surface area contributed by atoms with E-state index in [2.05, 4.69) is 5.10 Å². The van der Waals surface area contributed by atoms with Crippen molar-refractivity contribution in [2.45, 2.75) is 6.54 Å². The molecule has 136 valence electrons. The maximum Gasteiger partial charge on any atom is 0.348 e. The van der Waals surface area contributed by atoms with Crippen LogP contribution in [-0.2, 0) is 16.0 Å². The van der Waals surface area contributed by atoms with Gasteiger partial charge in [0.2, 0.25) is 0 Å². The summed E-state index contributed by atoms with van der Waals surface area (Å²) >= 11 is 1.37. The second-order valence-electron chi connectivity index (χ2n) is 5.39. The van der Waals surface area contributed by atoms with Crippen LogP contribution in [-0.4, -0.2) is 42.7 Å². The molecule has 0 aliphatic carbocycles. The fourth-order valence-corrected chi connectivity index (χ4v) is 3.19. The quantitative estimate of drug-likeness (QED) is 0.425. The standard InChI is InChI=1S/C19H20N2O4S/c1-23-19(22)18-8-7-17(26-18)16-9-10-21(20-16)11-12-24-13-14-25-15-5-3-2-4-6-15/h2-10H,11-14H2,1H3. The van der Waals surface area contributed by atoms with Crippen molar-refractivity contribution in [3.05, 3.63) is 59.6 Å². The summed E-state index contributed by atoms with van der Waals surface area (Å²) in [4.78, 5) is 13.0. The average Bonchev–Trinajstić information content (AvgIpc) is 3.34. The number of esters is 1. The smallest absolute Gasteiger partial charge is 0.348 e. The molecule has 1 aromatic carbocycles. The van der Waals surface area contributed by atoms with Crippen LogP contribution in [0.5, 0.6) is 5.75 Å². The molecule has 7 heteroatoms. The molecular weight excluding hydrogens is 352 g/mol. The van der Waals surface area contributed by atoms with Crippen molar-refractivity contribution in [2.75, 3.05) is 26.9 Å². The van der Waals surface area contributed by atoms with Gasteiger partial charge in [-0.3, -0.25) is 4.68 Å². The number of ether oxygens (including phenoxy) is 3. The van der Waals surface area contributed by atoms with Crippen molar-refractivity contribution in [1.82, 2.24) is 9.78 Å². The van der Waals surface area contributed by atoms with Crippen molar-refractivity contribution in [3.8, 4) is 16.3 Å². The number of nitrogens with zero attached hydrogens (tertiary/aromatic N) is 2. The van der Waals surface area contributed by atoms with Crippen LogP contribution < -0.4 is 4.74 Å². The second-order valence-corrected chi connectivity index (χ2v) is 6.48. The van der Waals surface area contributed by atoms with Crippen LogP contribution in [0.4, 0.5) is 0 Å². The fraction of sp³-hybridized carbons (Fsp3) is 0.263. The first kappa shape index (κ1) is 18.2.